The molecule has 1 aliphatic heterocycles. The molecule has 8 nitrogen and oxygen atoms in total. The molecular formula is C25H19F2N3O5S2. The monoisotopic (exact) mass is 543 g/mol. The summed E-state index contributed by atoms with van der Waals surface area (Å²) in [5.74, 6) is -3.19. The number of hydrogen-bond acceptors (Lipinski definition) is 6. The smallest absolute Gasteiger partial charge is 0.325 e. The van der Waals surface area contributed by atoms with Crippen LogP contribution in [-0.4, -0.2) is 38.5 Å². The molecule has 37 heavy (non-hydrogen) atoms. The molecule has 190 valence electrons. The number of esters is 1. The van der Waals surface area contributed by atoms with Crippen molar-refractivity contribution in [2.45, 2.75) is 17.9 Å². The van der Waals surface area contributed by atoms with Gasteiger partial charge in [0.2, 0.25) is 0 Å². The lowest BCUT2D eigenvalue weighted by Gasteiger charge is -2.19. The van der Waals surface area contributed by atoms with Crippen molar-refractivity contribution in [3.8, 4) is 0 Å². The Bertz CT molecular complexity index is 1730. The van der Waals surface area contributed by atoms with E-state index in [9.17, 15) is 26.8 Å². The van der Waals surface area contributed by atoms with Crippen LogP contribution >= 0.6 is 11.3 Å². The van der Waals surface area contributed by atoms with Gasteiger partial charge >= 0.3 is 5.97 Å². The minimum absolute atomic E-state index is 0.0147. The normalized spacial score (nSPS) is 13.7. The standard InChI is InChI=1S/C25H19F2N3O5S2/c1-35-22(31)14-29-23-19(27)12-17(26)13-21(23)36-25(29)28-24(32)16-6-8-18(9-7-16)37(33,34)30-11-10-15-4-2-3-5-20(15)30/h2-9,12-13H,10-11,14H2,1H3. The van der Waals surface area contributed by atoms with Gasteiger partial charge in [-0.3, -0.25) is 13.9 Å². The van der Waals surface area contributed by atoms with E-state index < -0.39 is 40.1 Å². The van der Waals surface area contributed by atoms with E-state index in [0.29, 0.717) is 24.7 Å². The van der Waals surface area contributed by atoms with E-state index >= 15 is 0 Å². The molecule has 4 aromatic rings. The Labute approximate surface area is 214 Å². The van der Waals surface area contributed by atoms with Crippen molar-refractivity contribution >= 4 is 49.1 Å². The van der Waals surface area contributed by atoms with Gasteiger partial charge in [0.1, 0.15) is 12.4 Å². The Kier molecular flexibility index (Phi) is 6.38. The summed E-state index contributed by atoms with van der Waals surface area (Å²) >= 11 is 0.831. The quantitative estimate of drug-likeness (QED) is 0.358. The number of fused-ring (bicyclic) bond motifs is 2. The van der Waals surface area contributed by atoms with Crippen LogP contribution in [-0.2, 0) is 32.5 Å². The fourth-order valence-electron chi connectivity index (χ4n) is 4.16. The number of benzene rings is 3. The van der Waals surface area contributed by atoms with Crippen molar-refractivity contribution in [3.05, 3.63) is 88.2 Å². The number of amides is 1. The van der Waals surface area contributed by atoms with Crippen LogP contribution in [0.2, 0.25) is 0 Å². The molecule has 0 spiro atoms. The number of carbonyl (C=O) groups is 2. The first kappa shape index (κ1) is 24.8. The van der Waals surface area contributed by atoms with E-state index in [1.807, 2.05) is 12.1 Å². The van der Waals surface area contributed by atoms with E-state index in [1.54, 1.807) is 12.1 Å². The highest BCUT2D eigenvalue weighted by Crippen LogP contribution is 2.32. The van der Waals surface area contributed by atoms with Gasteiger partial charge in [0.25, 0.3) is 15.9 Å². The number of rotatable bonds is 5. The van der Waals surface area contributed by atoms with Crippen molar-refractivity contribution < 1.29 is 31.5 Å². The summed E-state index contributed by atoms with van der Waals surface area (Å²) in [4.78, 5) is 28.8. The number of thiazole rings is 1. The predicted octanol–water partition coefficient (Wildman–Crippen LogP) is 3.65. The first-order valence-electron chi connectivity index (χ1n) is 11.0. The van der Waals surface area contributed by atoms with Crippen molar-refractivity contribution in [2.24, 2.45) is 4.99 Å². The number of sulfonamides is 1. The van der Waals surface area contributed by atoms with Crippen LogP contribution in [0.15, 0.2) is 70.6 Å². The third-order valence-corrected chi connectivity index (χ3v) is 8.79. The number of anilines is 1. The second-order valence-electron chi connectivity index (χ2n) is 8.18. The zero-order valence-corrected chi connectivity index (χ0v) is 21.0. The molecular weight excluding hydrogens is 524 g/mol. The number of aromatic nitrogens is 1. The first-order valence-corrected chi connectivity index (χ1v) is 13.3. The zero-order chi connectivity index (χ0) is 26.3. The van der Waals surface area contributed by atoms with Gasteiger partial charge in [-0.25, -0.2) is 17.2 Å². The lowest BCUT2D eigenvalue weighted by Crippen LogP contribution is -2.29. The molecule has 0 N–H and O–H groups in total. The highest BCUT2D eigenvalue weighted by atomic mass is 32.2. The lowest BCUT2D eigenvalue weighted by molar-refractivity contribution is -0.141. The minimum atomic E-state index is -3.84. The summed E-state index contributed by atoms with van der Waals surface area (Å²) in [6.45, 7) is -0.124. The molecule has 1 aliphatic rings. The second kappa shape index (κ2) is 9.52. The van der Waals surface area contributed by atoms with Crippen LogP contribution in [0.5, 0.6) is 0 Å². The van der Waals surface area contributed by atoms with E-state index in [-0.39, 0.29) is 25.5 Å². The molecule has 0 aliphatic carbocycles. The lowest BCUT2D eigenvalue weighted by atomic mass is 10.2. The van der Waals surface area contributed by atoms with E-state index in [1.165, 1.54) is 28.6 Å². The van der Waals surface area contributed by atoms with E-state index in [2.05, 4.69) is 9.73 Å². The number of carbonyl (C=O) groups excluding carboxylic acids is 2. The molecule has 0 radical (unpaired) electrons. The molecule has 0 bridgehead atoms. The molecule has 0 fully saturated rings. The summed E-state index contributed by atoms with van der Waals surface area (Å²) in [5.41, 5.74) is 1.56. The van der Waals surface area contributed by atoms with Crippen LogP contribution in [0.25, 0.3) is 10.2 Å². The zero-order valence-electron chi connectivity index (χ0n) is 19.4. The maximum atomic E-state index is 14.5. The maximum Gasteiger partial charge on any atom is 0.325 e. The number of ether oxygens (including phenoxy) is 1. The van der Waals surface area contributed by atoms with Crippen molar-refractivity contribution in [3.63, 3.8) is 0 Å². The van der Waals surface area contributed by atoms with Gasteiger partial charge in [-0.1, -0.05) is 29.5 Å². The topological polar surface area (TPSA) is 98.0 Å². The Morgan fingerprint density at radius 2 is 1.81 bits per heavy atom. The minimum Gasteiger partial charge on any atom is -0.468 e. The highest BCUT2D eigenvalue weighted by molar-refractivity contribution is 7.92. The number of nitrogens with zero attached hydrogens (tertiary/aromatic N) is 3. The van der Waals surface area contributed by atoms with Gasteiger partial charge < -0.3 is 9.30 Å². The van der Waals surface area contributed by atoms with Gasteiger partial charge in [-0.2, -0.15) is 4.99 Å². The van der Waals surface area contributed by atoms with Gasteiger partial charge in [0.05, 0.1) is 27.9 Å². The van der Waals surface area contributed by atoms with Crippen LogP contribution in [0.4, 0.5) is 14.5 Å². The van der Waals surface area contributed by atoms with Crippen LogP contribution in [0, 0.1) is 11.6 Å². The summed E-state index contributed by atoms with van der Waals surface area (Å²) in [6.07, 6.45) is 0.607. The van der Waals surface area contributed by atoms with Gasteiger partial charge in [0, 0.05) is 18.2 Å². The van der Waals surface area contributed by atoms with Crippen molar-refractivity contribution in [1.82, 2.24) is 4.57 Å². The summed E-state index contributed by atoms with van der Waals surface area (Å²) in [7, 11) is -2.68. The Hall–Kier alpha value is -3.90. The number of hydrogen-bond donors (Lipinski definition) is 0. The maximum absolute atomic E-state index is 14.5. The van der Waals surface area contributed by atoms with E-state index in [4.69, 9.17) is 0 Å². The van der Waals surface area contributed by atoms with Crippen molar-refractivity contribution in [2.75, 3.05) is 18.0 Å². The first-order chi connectivity index (χ1) is 17.7. The summed E-state index contributed by atoms with van der Waals surface area (Å²) in [6, 6.07) is 14.3. The molecule has 0 saturated carbocycles. The molecule has 3 aromatic carbocycles. The Morgan fingerprint density at radius 3 is 2.54 bits per heavy atom. The molecule has 12 heteroatoms. The molecule has 0 unspecified atom stereocenters. The number of para-hydroxylation sites is 1. The van der Waals surface area contributed by atoms with Crippen LogP contribution in [0.3, 0.4) is 0 Å². The molecule has 0 atom stereocenters. The molecule has 2 heterocycles. The fourth-order valence-corrected chi connectivity index (χ4v) is 6.73. The Balaban J connectivity index is 1.49. The third kappa shape index (κ3) is 4.53. The van der Waals surface area contributed by atoms with Crippen LogP contribution < -0.4 is 9.11 Å². The van der Waals surface area contributed by atoms with Crippen molar-refractivity contribution in [1.29, 1.82) is 0 Å². The van der Waals surface area contributed by atoms with Gasteiger partial charge in [-0.05, 0) is 48.4 Å². The fraction of sp³-hybridized carbons (Fsp3) is 0.160. The molecule has 5 rings (SSSR count). The molecule has 0 saturated heterocycles. The summed E-state index contributed by atoms with van der Waals surface area (Å²) < 4.78 is 62.0. The molecule has 1 amide bonds. The van der Waals surface area contributed by atoms with E-state index in [0.717, 1.165) is 34.6 Å². The average molecular weight is 544 g/mol. The molecule has 1 aromatic heterocycles. The Morgan fingerprint density at radius 1 is 1.08 bits per heavy atom. The SMILES string of the molecule is COC(=O)Cn1c(=NC(=O)c2ccc(S(=O)(=O)N3CCc4ccccc43)cc2)sc2cc(F)cc(F)c21. The number of methoxy groups -OCH3 is 1. The van der Waals surface area contributed by atoms with Gasteiger partial charge in [-0.15, -0.1) is 0 Å². The van der Waals surface area contributed by atoms with Gasteiger partial charge in [0.15, 0.2) is 10.6 Å². The largest absolute Gasteiger partial charge is 0.468 e. The summed E-state index contributed by atoms with van der Waals surface area (Å²) in [5, 5.41) is 0. The second-order valence-corrected chi connectivity index (χ2v) is 11.0. The van der Waals surface area contributed by atoms with Crippen LogP contribution in [0.1, 0.15) is 15.9 Å². The third-order valence-electron chi connectivity index (χ3n) is 5.94. The average Bonchev–Trinajstić information content (AvgIpc) is 3.46. The highest BCUT2D eigenvalue weighted by Gasteiger charge is 2.30. The predicted molar refractivity (Wildman–Crippen MR) is 133 cm³/mol. The number of halogens is 2.